The number of hydrogen-bond acceptors (Lipinski definition) is 1. The van der Waals surface area contributed by atoms with Crippen molar-refractivity contribution in [3.05, 3.63) is 0 Å². The van der Waals surface area contributed by atoms with E-state index < -0.39 is 0 Å². The summed E-state index contributed by atoms with van der Waals surface area (Å²) < 4.78 is 0. The quantitative estimate of drug-likeness (QED) is 0.733. The summed E-state index contributed by atoms with van der Waals surface area (Å²) in [6.45, 7) is 11.8. The van der Waals surface area contributed by atoms with E-state index in [2.05, 4.69) is 34.6 Å². The number of aliphatic hydroxyl groups excluding tert-OH is 1. The van der Waals surface area contributed by atoms with E-state index in [4.69, 9.17) is 0 Å². The molecule has 1 nitrogen and oxygen atoms in total. The standard InChI is InChI=1S/C14H28O/c1-13(2,3)10-14(4,5)11-6-8-12(15)9-7-11/h11-12,15H,6-10H2,1-5H3/t11-,12+. The molecule has 0 bridgehead atoms. The maximum absolute atomic E-state index is 9.53. The van der Waals surface area contributed by atoms with Crippen molar-refractivity contribution in [3.63, 3.8) is 0 Å². The molecule has 1 aliphatic rings. The van der Waals surface area contributed by atoms with Gasteiger partial charge < -0.3 is 5.11 Å². The van der Waals surface area contributed by atoms with Crippen LogP contribution in [0.3, 0.4) is 0 Å². The van der Waals surface area contributed by atoms with Crippen LogP contribution in [-0.2, 0) is 0 Å². The lowest BCUT2D eigenvalue weighted by molar-refractivity contribution is 0.0454. The smallest absolute Gasteiger partial charge is 0.0540 e. The van der Waals surface area contributed by atoms with Crippen molar-refractivity contribution in [3.8, 4) is 0 Å². The molecule has 0 aromatic heterocycles. The highest BCUT2D eigenvalue weighted by atomic mass is 16.3. The lowest BCUT2D eigenvalue weighted by Gasteiger charge is -2.42. The lowest BCUT2D eigenvalue weighted by Crippen LogP contribution is -2.33. The minimum atomic E-state index is -0.0216. The summed E-state index contributed by atoms with van der Waals surface area (Å²) in [6.07, 6.45) is 5.71. The molecule has 0 spiro atoms. The van der Waals surface area contributed by atoms with Crippen LogP contribution < -0.4 is 0 Å². The molecule has 1 aliphatic carbocycles. The molecule has 0 saturated heterocycles. The Bertz CT molecular complexity index is 192. The van der Waals surface area contributed by atoms with Crippen LogP contribution in [0.25, 0.3) is 0 Å². The van der Waals surface area contributed by atoms with E-state index in [1.165, 1.54) is 19.3 Å². The van der Waals surface area contributed by atoms with E-state index in [0.717, 1.165) is 18.8 Å². The molecule has 15 heavy (non-hydrogen) atoms. The van der Waals surface area contributed by atoms with Gasteiger partial charge in [0.05, 0.1) is 6.10 Å². The molecule has 1 rings (SSSR count). The third-order valence-corrected chi connectivity index (χ3v) is 3.79. The van der Waals surface area contributed by atoms with Crippen LogP contribution in [-0.4, -0.2) is 11.2 Å². The number of hydrogen-bond donors (Lipinski definition) is 1. The fourth-order valence-corrected chi connectivity index (χ4v) is 3.37. The topological polar surface area (TPSA) is 20.2 Å². The van der Waals surface area contributed by atoms with E-state index in [-0.39, 0.29) is 6.10 Å². The van der Waals surface area contributed by atoms with Gasteiger partial charge in [0.1, 0.15) is 0 Å². The molecule has 0 heterocycles. The molecule has 1 N–H and O–H groups in total. The summed E-state index contributed by atoms with van der Waals surface area (Å²) in [4.78, 5) is 0. The van der Waals surface area contributed by atoms with Crippen LogP contribution in [0.4, 0.5) is 0 Å². The van der Waals surface area contributed by atoms with Crippen LogP contribution in [0.1, 0.15) is 66.7 Å². The molecule has 0 radical (unpaired) electrons. The van der Waals surface area contributed by atoms with Gasteiger partial charge in [0, 0.05) is 0 Å². The Morgan fingerprint density at radius 1 is 0.933 bits per heavy atom. The first-order chi connectivity index (χ1) is 6.71. The second kappa shape index (κ2) is 4.45. The van der Waals surface area contributed by atoms with Gasteiger partial charge in [0.25, 0.3) is 0 Å². The van der Waals surface area contributed by atoms with Crippen molar-refractivity contribution in [2.24, 2.45) is 16.7 Å². The average Bonchev–Trinajstić information content (AvgIpc) is 2.00. The predicted molar refractivity (Wildman–Crippen MR) is 65.8 cm³/mol. The van der Waals surface area contributed by atoms with Gasteiger partial charge in [-0.15, -0.1) is 0 Å². The summed E-state index contributed by atoms with van der Waals surface area (Å²) >= 11 is 0. The fraction of sp³-hybridized carbons (Fsp3) is 1.00. The zero-order valence-electron chi connectivity index (χ0n) is 11.1. The Kier molecular flexibility index (Phi) is 3.86. The van der Waals surface area contributed by atoms with Gasteiger partial charge in [-0.2, -0.15) is 0 Å². The minimum Gasteiger partial charge on any atom is -0.393 e. The zero-order valence-corrected chi connectivity index (χ0v) is 11.1. The van der Waals surface area contributed by atoms with Gasteiger partial charge in [0.2, 0.25) is 0 Å². The Hall–Kier alpha value is -0.0400. The molecule has 1 fully saturated rings. The Morgan fingerprint density at radius 3 is 1.80 bits per heavy atom. The van der Waals surface area contributed by atoms with Gasteiger partial charge >= 0.3 is 0 Å². The van der Waals surface area contributed by atoms with Crippen molar-refractivity contribution in [2.75, 3.05) is 0 Å². The molecule has 90 valence electrons. The maximum Gasteiger partial charge on any atom is 0.0540 e. The van der Waals surface area contributed by atoms with E-state index >= 15 is 0 Å². The molecule has 0 amide bonds. The van der Waals surface area contributed by atoms with Crippen molar-refractivity contribution < 1.29 is 5.11 Å². The zero-order chi connectivity index (χ0) is 11.7. The van der Waals surface area contributed by atoms with Gasteiger partial charge in [-0.05, 0) is 48.9 Å². The van der Waals surface area contributed by atoms with Crippen LogP contribution in [0, 0.1) is 16.7 Å². The largest absolute Gasteiger partial charge is 0.393 e. The monoisotopic (exact) mass is 212 g/mol. The molecule has 0 aromatic carbocycles. The van der Waals surface area contributed by atoms with Crippen LogP contribution in [0.5, 0.6) is 0 Å². The third kappa shape index (κ3) is 4.14. The number of aliphatic hydroxyl groups is 1. The first kappa shape index (κ1) is 13.0. The second-order valence-electron chi connectivity index (χ2n) is 7.23. The molecule has 1 heteroatoms. The predicted octanol–water partition coefficient (Wildman–Crippen LogP) is 4.00. The van der Waals surface area contributed by atoms with Crippen LogP contribution in [0.2, 0.25) is 0 Å². The van der Waals surface area contributed by atoms with Gasteiger partial charge in [0.15, 0.2) is 0 Å². The Morgan fingerprint density at radius 2 is 1.40 bits per heavy atom. The molecule has 0 aromatic rings. The van der Waals surface area contributed by atoms with Crippen molar-refractivity contribution in [1.82, 2.24) is 0 Å². The van der Waals surface area contributed by atoms with E-state index in [9.17, 15) is 5.11 Å². The minimum absolute atomic E-state index is 0.0216. The summed E-state index contributed by atoms with van der Waals surface area (Å²) in [5, 5.41) is 9.53. The third-order valence-electron chi connectivity index (χ3n) is 3.79. The van der Waals surface area contributed by atoms with Gasteiger partial charge in [-0.25, -0.2) is 0 Å². The second-order valence-corrected chi connectivity index (χ2v) is 7.23. The number of rotatable bonds is 2. The first-order valence-corrected chi connectivity index (χ1v) is 6.39. The maximum atomic E-state index is 9.53. The Balaban J connectivity index is 2.54. The molecular formula is C14H28O. The highest BCUT2D eigenvalue weighted by Crippen LogP contribution is 2.45. The highest BCUT2D eigenvalue weighted by molar-refractivity contribution is 4.86. The van der Waals surface area contributed by atoms with E-state index in [1.54, 1.807) is 0 Å². The summed E-state index contributed by atoms with van der Waals surface area (Å²) in [5.41, 5.74) is 0.845. The molecular weight excluding hydrogens is 184 g/mol. The molecule has 0 unspecified atom stereocenters. The van der Waals surface area contributed by atoms with E-state index in [0.29, 0.717) is 10.8 Å². The first-order valence-electron chi connectivity index (χ1n) is 6.39. The van der Waals surface area contributed by atoms with E-state index in [1.807, 2.05) is 0 Å². The molecule has 0 atom stereocenters. The molecule has 0 aliphatic heterocycles. The molecule has 1 saturated carbocycles. The summed E-state index contributed by atoms with van der Waals surface area (Å²) in [5.74, 6) is 0.806. The van der Waals surface area contributed by atoms with Crippen molar-refractivity contribution >= 4 is 0 Å². The van der Waals surface area contributed by atoms with Crippen molar-refractivity contribution in [2.45, 2.75) is 72.8 Å². The van der Waals surface area contributed by atoms with Crippen LogP contribution >= 0.6 is 0 Å². The fourth-order valence-electron chi connectivity index (χ4n) is 3.37. The summed E-state index contributed by atoms with van der Waals surface area (Å²) in [6, 6.07) is 0. The van der Waals surface area contributed by atoms with Crippen molar-refractivity contribution in [1.29, 1.82) is 0 Å². The van der Waals surface area contributed by atoms with Gasteiger partial charge in [-0.1, -0.05) is 34.6 Å². The van der Waals surface area contributed by atoms with Gasteiger partial charge in [-0.3, -0.25) is 0 Å². The highest BCUT2D eigenvalue weighted by Gasteiger charge is 2.35. The normalized spacial score (nSPS) is 29.2. The average molecular weight is 212 g/mol. The summed E-state index contributed by atoms with van der Waals surface area (Å²) in [7, 11) is 0. The lowest BCUT2D eigenvalue weighted by atomic mass is 9.64. The Labute approximate surface area is 95.3 Å². The SMILES string of the molecule is CC(C)(C)CC(C)(C)[C@H]1CC[C@@H](O)CC1. The van der Waals surface area contributed by atoms with Crippen LogP contribution in [0.15, 0.2) is 0 Å².